The molecule has 0 unspecified atom stereocenters. The predicted octanol–water partition coefficient (Wildman–Crippen LogP) is 1.80. The van der Waals surface area contributed by atoms with E-state index in [1.165, 1.54) is 18.2 Å². The van der Waals surface area contributed by atoms with Crippen molar-refractivity contribution in [2.45, 2.75) is 18.0 Å². The highest BCUT2D eigenvalue weighted by atomic mass is 32.2. The summed E-state index contributed by atoms with van der Waals surface area (Å²) in [7, 11) is -3.75. The highest BCUT2D eigenvalue weighted by molar-refractivity contribution is 7.89. The Labute approximate surface area is 116 Å². The highest BCUT2D eigenvalue weighted by Crippen LogP contribution is 2.12. The number of sulfonamides is 1. The second-order valence-corrected chi connectivity index (χ2v) is 6.03. The minimum Gasteiger partial charge on any atom is -0.392 e. The van der Waals surface area contributed by atoms with E-state index in [-0.39, 0.29) is 18.0 Å². The van der Waals surface area contributed by atoms with Crippen LogP contribution in [0.1, 0.15) is 11.1 Å². The molecule has 4 nitrogen and oxygen atoms in total. The number of halogens is 1. The average Bonchev–Trinajstić information content (AvgIpc) is 2.45. The number of aliphatic hydroxyl groups excluding tert-OH is 1. The maximum atomic E-state index is 13.0. The number of aliphatic hydroxyl groups is 1. The van der Waals surface area contributed by atoms with Crippen molar-refractivity contribution in [3.05, 3.63) is 65.5 Å². The van der Waals surface area contributed by atoms with Gasteiger partial charge in [0.25, 0.3) is 0 Å². The summed E-state index contributed by atoms with van der Waals surface area (Å²) < 4.78 is 39.4. The van der Waals surface area contributed by atoms with Gasteiger partial charge >= 0.3 is 0 Å². The molecule has 6 heteroatoms. The zero-order chi connectivity index (χ0) is 14.6. The van der Waals surface area contributed by atoms with Gasteiger partial charge in [-0.2, -0.15) is 0 Å². The van der Waals surface area contributed by atoms with E-state index in [1.807, 2.05) is 0 Å². The van der Waals surface area contributed by atoms with Crippen LogP contribution in [-0.4, -0.2) is 13.5 Å². The van der Waals surface area contributed by atoms with Crippen molar-refractivity contribution in [2.75, 3.05) is 0 Å². The summed E-state index contributed by atoms with van der Waals surface area (Å²) in [6, 6.07) is 11.7. The standard InChI is InChI=1S/C14H14FNO3S/c15-13-5-2-6-14(8-13)20(18,19)16-9-11-3-1-4-12(7-11)10-17/h1-8,16-17H,9-10H2. The van der Waals surface area contributed by atoms with E-state index in [9.17, 15) is 12.8 Å². The molecule has 0 saturated carbocycles. The van der Waals surface area contributed by atoms with E-state index in [0.717, 1.165) is 11.6 Å². The molecular formula is C14H14FNO3S. The van der Waals surface area contributed by atoms with E-state index < -0.39 is 15.8 Å². The summed E-state index contributed by atoms with van der Waals surface area (Å²) in [5, 5.41) is 9.02. The maximum Gasteiger partial charge on any atom is 0.240 e. The van der Waals surface area contributed by atoms with Crippen LogP contribution in [0.2, 0.25) is 0 Å². The van der Waals surface area contributed by atoms with Crippen molar-refractivity contribution >= 4 is 10.0 Å². The Hall–Kier alpha value is -1.76. The summed E-state index contributed by atoms with van der Waals surface area (Å²) >= 11 is 0. The van der Waals surface area contributed by atoms with Crippen LogP contribution in [0.25, 0.3) is 0 Å². The van der Waals surface area contributed by atoms with Crippen LogP contribution >= 0.6 is 0 Å². The van der Waals surface area contributed by atoms with Crippen molar-refractivity contribution < 1.29 is 17.9 Å². The topological polar surface area (TPSA) is 66.4 Å². The Balaban J connectivity index is 2.13. The lowest BCUT2D eigenvalue weighted by Crippen LogP contribution is -2.23. The van der Waals surface area contributed by atoms with Gasteiger partial charge in [0.05, 0.1) is 11.5 Å². The lowest BCUT2D eigenvalue weighted by molar-refractivity contribution is 0.281. The molecule has 0 aromatic heterocycles. The Bertz CT molecular complexity index is 701. The quantitative estimate of drug-likeness (QED) is 0.884. The van der Waals surface area contributed by atoms with Crippen molar-refractivity contribution in [3.63, 3.8) is 0 Å². The Morgan fingerprint density at radius 1 is 1.05 bits per heavy atom. The van der Waals surface area contributed by atoms with Crippen LogP contribution in [0.3, 0.4) is 0 Å². The molecule has 0 heterocycles. The minimum atomic E-state index is -3.75. The molecule has 0 bridgehead atoms. The maximum absolute atomic E-state index is 13.0. The molecule has 106 valence electrons. The smallest absolute Gasteiger partial charge is 0.240 e. The third-order valence-corrected chi connectivity index (χ3v) is 4.15. The zero-order valence-electron chi connectivity index (χ0n) is 10.6. The first-order valence-corrected chi connectivity index (χ1v) is 7.43. The Morgan fingerprint density at radius 3 is 2.45 bits per heavy atom. The number of nitrogens with one attached hydrogen (secondary N) is 1. The van der Waals surface area contributed by atoms with Gasteiger partial charge in [-0.15, -0.1) is 0 Å². The first kappa shape index (κ1) is 14.6. The molecule has 0 fully saturated rings. The van der Waals surface area contributed by atoms with Crippen LogP contribution < -0.4 is 4.72 Å². The fourth-order valence-electron chi connectivity index (χ4n) is 1.73. The molecule has 0 radical (unpaired) electrons. The van der Waals surface area contributed by atoms with E-state index >= 15 is 0 Å². The first-order valence-electron chi connectivity index (χ1n) is 5.95. The highest BCUT2D eigenvalue weighted by Gasteiger charge is 2.14. The Kier molecular flexibility index (Phi) is 4.49. The molecule has 0 amide bonds. The first-order chi connectivity index (χ1) is 9.51. The van der Waals surface area contributed by atoms with Gasteiger partial charge in [0, 0.05) is 6.54 Å². The number of hydrogen-bond acceptors (Lipinski definition) is 3. The summed E-state index contributed by atoms with van der Waals surface area (Å²) in [6.07, 6.45) is 0. The van der Waals surface area contributed by atoms with E-state index in [1.54, 1.807) is 24.3 Å². The number of rotatable bonds is 5. The van der Waals surface area contributed by atoms with Crippen molar-refractivity contribution in [3.8, 4) is 0 Å². The van der Waals surface area contributed by atoms with Crippen LogP contribution in [0, 0.1) is 5.82 Å². The van der Waals surface area contributed by atoms with Gasteiger partial charge in [-0.25, -0.2) is 17.5 Å². The van der Waals surface area contributed by atoms with E-state index in [4.69, 9.17) is 5.11 Å². The fourth-order valence-corrected chi connectivity index (χ4v) is 2.78. The molecule has 0 spiro atoms. The predicted molar refractivity (Wildman–Crippen MR) is 72.8 cm³/mol. The third kappa shape index (κ3) is 3.63. The molecule has 2 rings (SSSR count). The van der Waals surface area contributed by atoms with Crippen LogP contribution in [-0.2, 0) is 23.2 Å². The average molecular weight is 295 g/mol. The Morgan fingerprint density at radius 2 is 1.75 bits per heavy atom. The normalized spacial score (nSPS) is 11.5. The molecular weight excluding hydrogens is 281 g/mol. The molecule has 20 heavy (non-hydrogen) atoms. The van der Waals surface area contributed by atoms with Gasteiger partial charge in [0.1, 0.15) is 5.82 Å². The molecule has 2 aromatic rings. The van der Waals surface area contributed by atoms with Gasteiger partial charge < -0.3 is 5.11 Å². The zero-order valence-corrected chi connectivity index (χ0v) is 11.4. The summed E-state index contributed by atoms with van der Waals surface area (Å²) in [4.78, 5) is -0.115. The third-order valence-electron chi connectivity index (χ3n) is 2.75. The van der Waals surface area contributed by atoms with Crippen molar-refractivity contribution in [1.82, 2.24) is 4.72 Å². The summed E-state index contributed by atoms with van der Waals surface area (Å²) in [5.41, 5.74) is 1.42. The second-order valence-electron chi connectivity index (χ2n) is 4.26. The van der Waals surface area contributed by atoms with E-state index in [0.29, 0.717) is 5.56 Å². The lowest BCUT2D eigenvalue weighted by Gasteiger charge is -2.08. The summed E-state index contributed by atoms with van der Waals surface area (Å²) in [5.74, 6) is -0.602. The van der Waals surface area contributed by atoms with Gasteiger partial charge in [0.15, 0.2) is 0 Å². The van der Waals surface area contributed by atoms with E-state index in [2.05, 4.69) is 4.72 Å². The van der Waals surface area contributed by atoms with Crippen molar-refractivity contribution in [1.29, 1.82) is 0 Å². The molecule has 2 N–H and O–H groups in total. The number of benzene rings is 2. The molecule has 0 aliphatic carbocycles. The second kappa shape index (κ2) is 6.13. The van der Waals surface area contributed by atoms with Crippen LogP contribution in [0.15, 0.2) is 53.4 Å². The van der Waals surface area contributed by atoms with Gasteiger partial charge in [0.2, 0.25) is 10.0 Å². The largest absolute Gasteiger partial charge is 0.392 e. The van der Waals surface area contributed by atoms with Gasteiger partial charge in [-0.1, -0.05) is 30.3 Å². The number of hydrogen-bond donors (Lipinski definition) is 2. The monoisotopic (exact) mass is 295 g/mol. The van der Waals surface area contributed by atoms with Gasteiger partial charge in [-0.3, -0.25) is 0 Å². The lowest BCUT2D eigenvalue weighted by atomic mass is 10.1. The SMILES string of the molecule is O=S(=O)(NCc1cccc(CO)c1)c1cccc(F)c1. The van der Waals surface area contributed by atoms with Crippen LogP contribution in [0.5, 0.6) is 0 Å². The molecule has 2 aromatic carbocycles. The fraction of sp³-hybridized carbons (Fsp3) is 0.143. The molecule has 0 aliphatic rings. The molecule has 0 aliphatic heterocycles. The van der Waals surface area contributed by atoms with Crippen molar-refractivity contribution in [2.24, 2.45) is 0 Å². The van der Waals surface area contributed by atoms with Gasteiger partial charge in [-0.05, 0) is 29.3 Å². The van der Waals surface area contributed by atoms with Crippen LogP contribution in [0.4, 0.5) is 4.39 Å². The molecule has 0 saturated heterocycles. The molecule has 0 atom stereocenters. The minimum absolute atomic E-state index is 0.0761. The summed E-state index contributed by atoms with van der Waals surface area (Å²) in [6.45, 7) is -0.0306.